The average Bonchev–Trinajstić information content (AvgIpc) is 3.07. The van der Waals surface area contributed by atoms with E-state index in [-0.39, 0.29) is 21.3 Å². The van der Waals surface area contributed by atoms with E-state index in [0.29, 0.717) is 6.08 Å². The second-order valence-corrected chi connectivity index (χ2v) is 6.82. The highest BCUT2D eigenvalue weighted by atomic mass is 35.5. The number of nitrogens with one attached hydrogen (secondary N) is 1. The van der Waals surface area contributed by atoms with Crippen LogP contribution in [0.3, 0.4) is 0 Å². The van der Waals surface area contributed by atoms with E-state index >= 15 is 0 Å². The zero-order valence-corrected chi connectivity index (χ0v) is 15.5. The number of carboxylic acids is 1. The highest BCUT2D eigenvalue weighted by molar-refractivity contribution is 6.34. The van der Waals surface area contributed by atoms with Gasteiger partial charge in [-0.25, -0.2) is 4.79 Å². The van der Waals surface area contributed by atoms with Crippen molar-refractivity contribution < 1.29 is 32.8 Å². The van der Waals surface area contributed by atoms with Gasteiger partial charge in [0.2, 0.25) is 5.60 Å². The van der Waals surface area contributed by atoms with Gasteiger partial charge in [0.1, 0.15) is 5.56 Å². The number of carboxylic acid groups (broad SMARTS) is 1. The Labute approximate surface area is 170 Å². The number of carbonyl (C=O) groups is 1. The smallest absolute Gasteiger partial charge is 0.428 e. The maximum atomic E-state index is 13.9. The minimum absolute atomic E-state index is 0.0528. The van der Waals surface area contributed by atoms with E-state index in [0.717, 1.165) is 30.3 Å². The number of aromatic carboxylic acids is 1. The molecule has 2 aromatic carbocycles. The van der Waals surface area contributed by atoms with E-state index in [2.05, 4.69) is 5.48 Å². The maximum Gasteiger partial charge on any atom is 0.428 e. The van der Waals surface area contributed by atoms with Crippen molar-refractivity contribution in [3.05, 3.63) is 79.3 Å². The summed E-state index contributed by atoms with van der Waals surface area (Å²) in [6.07, 6.45) is -4.28. The molecule has 3 rings (SSSR count). The van der Waals surface area contributed by atoms with Crippen LogP contribution in [0.25, 0.3) is 5.70 Å². The van der Waals surface area contributed by atoms with Gasteiger partial charge < -0.3 is 5.11 Å². The number of halogens is 5. The summed E-state index contributed by atoms with van der Waals surface area (Å²) in [6.45, 7) is 0. The molecule has 1 heterocycles. The van der Waals surface area contributed by atoms with E-state index in [4.69, 9.17) is 33.1 Å². The summed E-state index contributed by atoms with van der Waals surface area (Å²) < 4.78 is 41.8. The largest absolute Gasteiger partial charge is 0.477 e. The molecule has 0 spiro atoms. The van der Waals surface area contributed by atoms with Crippen LogP contribution in [0.5, 0.6) is 0 Å². The van der Waals surface area contributed by atoms with Gasteiger partial charge in [-0.2, -0.15) is 13.2 Å². The Balaban J connectivity index is 2.16. The molecule has 0 saturated heterocycles. The number of nitro benzene ring substituents is 1. The highest BCUT2D eigenvalue weighted by Gasteiger charge is 2.59. The normalized spacial score (nSPS) is 18.9. The van der Waals surface area contributed by atoms with E-state index in [1.165, 1.54) is 6.07 Å². The van der Waals surface area contributed by atoms with E-state index in [1.807, 2.05) is 0 Å². The number of nitrogens with zero attached hydrogens (tertiary/aromatic N) is 1. The van der Waals surface area contributed by atoms with Gasteiger partial charge in [0.25, 0.3) is 5.69 Å². The fraction of sp³-hybridized carbons (Fsp3) is 0.118. The SMILES string of the molecule is O=C(O)c1ccc(C2=CC(c3cc(Cl)cc(Cl)c3)(C(F)(F)F)ON2)cc1[N+](=O)[O-]. The van der Waals surface area contributed by atoms with Gasteiger partial charge in [0.15, 0.2) is 0 Å². The third-order valence-corrected chi connectivity index (χ3v) is 4.55. The van der Waals surface area contributed by atoms with Crippen molar-refractivity contribution in [3.63, 3.8) is 0 Å². The van der Waals surface area contributed by atoms with Crippen LogP contribution in [0, 0.1) is 10.1 Å². The second kappa shape index (κ2) is 7.21. The van der Waals surface area contributed by atoms with Crippen LogP contribution in [-0.2, 0) is 10.4 Å². The number of hydrogen-bond acceptors (Lipinski definition) is 5. The van der Waals surface area contributed by atoms with Gasteiger partial charge in [-0.05, 0) is 30.3 Å². The number of hydroxylamine groups is 1. The minimum Gasteiger partial charge on any atom is -0.477 e. The van der Waals surface area contributed by atoms with Gasteiger partial charge in [0, 0.05) is 27.2 Å². The standard InChI is InChI=1S/C17H9Cl2F3N2O5/c18-10-4-9(5-11(19)6-10)16(17(20,21)22)7-13(23-29-16)8-1-2-12(15(25)26)14(3-8)24(27)28/h1-7,23H,(H,25,26). The Hall–Kier alpha value is -2.82. The first-order valence-corrected chi connectivity index (χ1v) is 8.42. The summed E-state index contributed by atoms with van der Waals surface area (Å²) in [4.78, 5) is 26.2. The molecule has 0 radical (unpaired) electrons. The summed E-state index contributed by atoms with van der Waals surface area (Å²) in [5.41, 5.74) is -3.01. The Morgan fingerprint density at radius 2 is 1.79 bits per heavy atom. The zero-order chi connectivity index (χ0) is 21.6. The third kappa shape index (κ3) is 3.74. The van der Waals surface area contributed by atoms with Crippen molar-refractivity contribution in [1.82, 2.24) is 5.48 Å². The Bertz CT molecular complexity index is 1040. The molecular weight excluding hydrogens is 440 g/mol. The topological polar surface area (TPSA) is 102 Å². The van der Waals surface area contributed by atoms with Gasteiger partial charge >= 0.3 is 12.1 Å². The molecule has 0 saturated carbocycles. The number of nitro groups is 1. The first kappa shape index (κ1) is 20.9. The minimum atomic E-state index is -4.96. The predicted molar refractivity (Wildman–Crippen MR) is 96.4 cm³/mol. The molecule has 1 aliphatic rings. The molecule has 0 aromatic heterocycles. The molecule has 1 atom stereocenters. The van der Waals surface area contributed by atoms with E-state index in [1.54, 1.807) is 0 Å². The van der Waals surface area contributed by atoms with Gasteiger partial charge in [-0.15, -0.1) is 0 Å². The van der Waals surface area contributed by atoms with Crippen LogP contribution in [0.2, 0.25) is 10.0 Å². The number of benzene rings is 2. The van der Waals surface area contributed by atoms with Crippen molar-refractivity contribution in [2.45, 2.75) is 11.8 Å². The lowest BCUT2D eigenvalue weighted by atomic mass is 9.91. The maximum absolute atomic E-state index is 13.9. The van der Waals surface area contributed by atoms with Crippen LogP contribution in [0.15, 0.2) is 42.5 Å². The van der Waals surface area contributed by atoms with E-state index in [9.17, 15) is 28.1 Å². The lowest BCUT2D eigenvalue weighted by molar-refractivity contribution is -0.385. The fourth-order valence-electron chi connectivity index (χ4n) is 2.78. The average molecular weight is 449 g/mol. The number of alkyl halides is 3. The van der Waals surface area contributed by atoms with Gasteiger partial charge in [0.05, 0.1) is 10.6 Å². The van der Waals surface area contributed by atoms with Crippen molar-refractivity contribution in [2.75, 3.05) is 0 Å². The lowest BCUT2D eigenvalue weighted by Crippen LogP contribution is -2.42. The van der Waals surface area contributed by atoms with Crippen molar-refractivity contribution in [1.29, 1.82) is 0 Å². The quantitative estimate of drug-likeness (QED) is 0.507. The molecule has 1 aliphatic heterocycles. The molecular formula is C17H9Cl2F3N2O5. The molecule has 7 nitrogen and oxygen atoms in total. The monoisotopic (exact) mass is 448 g/mol. The molecule has 0 fully saturated rings. The predicted octanol–water partition coefficient (Wildman–Crippen LogP) is 4.93. The van der Waals surface area contributed by atoms with Crippen molar-refractivity contribution in [3.8, 4) is 0 Å². The third-order valence-electron chi connectivity index (χ3n) is 4.12. The number of rotatable bonds is 4. The zero-order valence-electron chi connectivity index (χ0n) is 14.0. The summed E-state index contributed by atoms with van der Waals surface area (Å²) in [5.74, 6) is -1.55. The Morgan fingerprint density at radius 3 is 2.31 bits per heavy atom. The molecule has 2 N–H and O–H groups in total. The highest BCUT2D eigenvalue weighted by Crippen LogP contribution is 2.48. The lowest BCUT2D eigenvalue weighted by Gasteiger charge is -2.28. The van der Waals surface area contributed by atoms with Crippen LogP contribution in [-0.4, -0.2) is 22.2 Å². The molecule has 1 unspecified atom stereocenters. The molecule has 152 valence electrons. The number of hydrogen-bond donors (Lipinski definition) is 2. The first-order valence-electron chi connectivity index (χ1n) is 7.67. The van der Waals surface area contributed by atoms with Crippen molar-refractivity contribution >= 4 is 40.6 Å². The van der Waals surface area contributed by atoms with Crippen LogP contribution in [0.4, 0.5) is 18.9 Å². The fourth-order valence-corrected chi connectivity index (χ4v) is 3.31. The molecule has 0 bridgehead atoms. The van der Waals surface area contributed by atoms with Crippen LogP contribution < -0.4 is 5.48 Å². The van der Waals surface area contributed by atoms with Crippen molar-refractivity contribution in [2.24, 2.45) is 0 Å². The molecule has 2 aromatic rings. The molecule has 12 heteroatoms. The summed E-state index contributed by atoms with van der Waals surface area (Å²) in [7, 11) is 0. The Kier molecular flexibility index (Phi) is 5.20. The molecule has 0 amide bonds. The Morgan fingerprint density at radius 1 is 1.17 bits per heavy atom. The second-order valence-electron chi connectivity index (χ2n) is 5.95. The van der Waals surface area contributed by atoms with Crippen LogP contribution in [0.1, 0.15) is 21.5 Å². The summed E-state index contributed by atoms with van der Waals surface area (Å²) >= 11 is 11.6. The van der Waals surface area contributed by atoms with E-state index < -0.39 is 39.5 Å². The molecule has 29 heavy (non-hydrogen) atoms. The molecule has 0 aliphatic carbocycles. The first-order chi connectivity index (χ1) is 13.4. The van der Waals surface area contributed by atoms with Gasteiger partial charge in [-0.1, -0.05) is 29.3 Å². The summed E-state index contributed by atoms with van der Waals surface area (Å²) in [6, 6.07) is 6.18. The van der Waals surface area contributed by atoms with Crippen LogP contribution >= 0.6 is 23.2 Å². The van der Waals surface area contributed by atoms with Gasteiger partial charge in [-0.3, -0.25) is 20.4 Å². The summed E-state index contributed by atoms with van der Waals surface area (Å²) in [5, 5.41) is 20.1.